The van der Waals surface area contributed by atoms with E-state index in [4.69, 9.17) is 9.47 Å². The van der Waals surface area contributed by atoms with Crippen LogP contribution in [0.4, 0.5) is 16.2 Å². The number of anilines is 2. The molecule has 1 atom stereocenters. The maximum Gasteiger partial charge on any atom is 0.325 e. The van der Waals surface area contributed by atoms with E-state index < -0.39 is 23.4 Å². The molecule has 9 heteroatoms. The number of rotatable bonds is 5. The second-order valence-corrected chi connectivity index (χ2v) is 8.30. The Morgan fingerprint density at radius 3 is 2.53 bits per heavy atom. The molecule has 3 aliphatic heterocycles. The average molecular weight is 436 g/mol. The van der Waals surface area contributed by atoms with Crippen molar-refractivity contribution < 1.29 is 23.9 Å². The van der Waals surface area contributed by atoms with Gasteiger partial charge in [0, 0.05) is 24.5 Å². The number of nitrogens with zero attached hydrogens (tertiary/aromatic N) is 2. The van der Waals surface area contributed by atoms with Gasteiger partial charge in [-0.15, -0.1) is 0 Å². The third kappa shape index (κ3) is 3.49. The van der Waals surface area contributed by atoms with Crippen LogP contribution in [0.1, 0.15) is 25.3 Å². The molecule has 2 aromatic rings. The first-order valence-corrected chi connectivity index (χ1v) is 10.6. The fourth-order valence-electron chi connectivity index (χ4n) is 4.32. The lowest BCUT2D eigenvalue weighted by Gasteiger charge is -2.22. The van der Waals surface area contributed by atoms with E-state index in [0.717, 1.165) is 23.7 Å². The van der Waals surface area contributed by atoms with Gasteiger partial charge in [0.1, 0.15) is 12.1 Å². The molecule has 166 valence electrons. The maximum absolute atomic E-state index is 13.1. The fourth-order valence-corrected chi connectivity index (χ4v) is 4.32. The van der Waals surface area contributed by atoms with E-state index in [9.17, 15) is 14.4 Å². The summed E-state index contributed by atoms with van der Waals surface area (Å²) in [7, 11) is 0. The van der Waals surface area contributed by atoms with Crippen molar-refractivity contribution in [1.29, 1.82) is 0 Å². The second kappa shape index (κ2) is 7.74. The molecule has 0 saturated carbocycles. The lowest BCUT2D eigenvalue weighted by Crippen LogP contribution is -2.42. The third-order valence-corrected chi connectivity index (χ3v) is 6.15. The molecule has 0 bridgehead atoms. The number of hydrogen-bond donors (Lipinski definition) is 2. The topological polar surface area (TPSA) is 100 Å². The van der Waals surface area contributed by atoms with Gasteiger partial charge in [0.25, 0.3) is 5.91 Å². The van der Waals surface area contributed by atoms with Crippen molar-refractivity contribution in [1.82, 2.24) is 10.2 Å². The number of fused-ring (bicyclic) bond motifs is 1. The number of benzene rings is 2. The number of ether oxygens (including phenoxy) is 2. The number of urea groups is 1. The lowest BCUT2D eigenvalue weighted by molar-refractivity contribution is -0.133. The Hall–Kier alpha value is -3.75. The van der Waals surface area contributed by atoms with Crippen LogP contribution in [0.15, 0.2) is 42.5 Å². The molecule has 5 rings (SSSR count). The van der Waals surface area contributed by atoms with Crippen molar-refractivity contribution in [2.24, 2.45) is 0 Å². The lowest BCUT2D eigenvalue weighted by atomic mass is 9.91. The van der Waals surface area contributed by atoms with Crippen molar-refractivity contribution in [3.8, 4) is 11.5 Å². The van der Waals surface area contributed by atoms with E-state index >= 15 is 0 Å². The molecule has 2 saturated heterocycles. The summed E-state index contributed by atoms with van der Waals surface area (Å²) in [6.45, 7) is 3.43. The number of hydrogen-bond acceptors (Lipinski definition) is 6. The summed E-state index contributed by atoms with van der Waals surface area (Å²) in [5.41, 5.74) is 0.994. The predicted molar refractivity (Wildman–Crippen MR) is 117 cm³/mol. The summed E-state index contributed by atoms with van der Waals surface area (Å²) < 4.78 is 10.7. The van der Waals surface area contributed by atoms with Crippen LogP contribution in [-0.4, -0.2) is 49.2 Å². The van der Waals surface area contributed by atoms with E-state index in [2.05, 4.69) is 15.5 Å². The summed E-state index contributed by atoms with van der Waals surface area (Å²) in [6.07, 6.45) is 2.38. The zero-order valence-corrected chi connectivity index (χ0v) is 17.7. The van der Waals surface area contributed by atoms with Crippen LogP contribution in [-0.2, 0) is 15.1 Å². The Labute approximate surface area is 185 Å². The zero-order valence-electron chi connectivity index (χ0n) is 17.7. The number of amides is 4. The van der Waals surface area contributed by atoms with Gasteiger partial charge in [-0.25, -0.2) is 4.79 Å². The summed E-state index contributed by atoms with van der Waals surface area (Å²) in [6, 6.07) is 12.0. The largest absolute Gasteiger partial charge is 0.454 e. The van der Waals surface area contributed by atoms with Crippen LogP contribution < -0.4 is 25.0 Å². The van der Waals surface area contributed by atoms with E-state index in [-0.39, 0.29) is 13.3 Å². The van der Waals surface area contributed by atoms with Crippen molar-refractivity contribution in [3.05, 3.63) is 48.0 Å². The molecule has 2 fully saturated rings. The van der Waals surface area contributed by atoms with Gasteiger partial charge in [-0.2, -0.15) is 0 Å². The van der Waals surface area contributed by atoms with Crippen molar-refractivity contribution >= 4 is 29.2 Å². The van der Waals surface area contributed by atoms with E-state index in [1.165, 1.54) is 12.8 Å². The number of carbonyl (C=O) groups excluding carboxylic acids is 3. The molecule has 32 heavy (non-hydrogen) atoms. The quantitative estimate of drug-likeness (QED) is 0.699. The van der Waals surface area contributed by atoms with Crippen LogP contribution in [0.2, 0.25) is 0 Å². The Balaban J connectivity index is 1.25. The number of imide groups is 1. The number of nitrogens with one attached hydrogen (secondary N) is 2. The van der Waals surface area contributed by atoms with Gasteiger partial charge in [0.2, 0.25) is 12.7 Å². The summed E-state index contributed by atoms with van der Waals surface area (Å²) in [5, 5.41) is 5.46. The smallest absolute Gasteiger partial charge is 0.325 e. The van der Waals surface area contributed by atoms with Crippen molar-refractivity contribution in [2.45, 2.75) is 25.3 Å². The SMILES string of the molecule is CC1(c2ccc3c(c2)OCO3)NC(=O)N(CC(=O)Nc2ccc(N3CCCC3)cc2)C1=O. The molecule has 1 unspecified atom stereocenters. The van der Waals surface area contributed by atoms with Crippen molar-refractivity contribution in [2.75, 3.05) is 36.6 Å². The minimum Gasteiger partial charge on any atom is -0.454 e. The number of carbonyl (C=O) groups is 3. The highest BCUT2D eigenvalue weighted by Gasteiger charge is 2.49. The Morgan fingerprint density at radius 1 is 1.06 bits per heavy atom. The van der Waals surface area contributed by atoms with Gasteiger partial charge < -0.3 is 25.0 Å². The first-order chi connectivity index (χ1) is 15.4. The molecule has 3 heterocycles. The third-order valence-electron chi connectivity index (χ3n) is 6.15. The van der Waals surface area contributed by atoms with Crippen LogP contribution in [0.25, 0.3) is 0 Å². The monoisotopic (exact) mass is 436 g/mol. The van der Waals surface area contributed by atoms with Crippen LogP contribution in [0.3, 0.4) is 0 Å². The summed E-state index contributed by atoms with van der Waals surface area (Å²) >= 11 is 0. The minimum atomic E-state index is -1.30. The molecule has 0 aromatic heterocycles. The maximum atomic E-state index is 13.1. The first-order valence-electron chi connectivity index (χ1n) is 10.6. The molecule has 2 N–H and O–H groups in total. The summed E-state index contributed by atoms with van der Waals surface area (Å²) in [4.78, 5) is 41.4. The molecule has 9 nitrogen and oxygen atoms in total. The minimum absolute atomic E-state index is 0.112. The average Bonchev–Trinajstić information content (AvgIpc) is 3.52. The standard InChI is InChI=1S/C23H24N4O5/c1-23(15-4-9-18-19(12-15)32-14-31-18)21(29)27(22(30)25-23)13-20(28)24-16-5-7-17(8-6-16)26-10-2-3-11-26/h4-9,12H,2-3,10-11,13-14H2,1H3,(H,24,28)(H,25,30). The fraction of sp³-hybridized carbons (Fsp3) is 0.348. The molecule has 0 aliphatic carbocycles. The molecule has 3 aliphatic rings. The zero-order chi connectivity index (χ0) is 22.3. The van der Waals surface area contributed by atoms with E-state index in [1.807, 2.05) is 24.3 Å². The van der Waals surface area contributed by atoms with Crippen LogP contribution >= 0.6 is 0 Å². The predicted octanol–water partition coefficient (Wildman–Crippen LogP) is 2.42. The molecule has 4 amide bonds. The van der Waals surface area contributed by atoms with Gasteiger partial charge in [-0.3, -0.25) is 14.5 Å². The van der Waals surface area contributed by atoms with Crippen molar-refractivity contribution in [3.63, 3.8) is 0 Å². The van der Waals surface area contributed by atoms with Gasteiger partial charge >= 0.3 is 6.03 Å². The molecular weight excluding hydrogens is 412 g/mol. The summed E-state index contributed by atoms with van der Waals surface area (Å²) in [5.74, 6) is 0.152. The Morgan fingerprint density at radius 2 is 1.78 bits per heavy atom. The normalized spacial score (nSPS) is 21.8. The molecule has 0 spiro atoms. The van der Waals surface area contributed by atoms with E-state index in [0.29, 0.717) is 22.7 Å². The highest BCUT2D eigenvalue weighted by molar-refractivity contribution is 6.10. The Bertz CT molecular complexity index is 1080. The van der Waals surface area contributed by atoms with Gasteiger partial charge in [-0.1, -0.05) is 6.07 Å². The van der Waals surface area contributed by atoms with Crippen LogP contribution in [0, 0.1) is 0 Å². The molecule has 2 aromatic carbocycles. The van der Waals surface area contributed by atoms with E-state index in [1.54, 1.807) is 25.1 Å². The highest BCUT2D eigenvalue weighted by atomic mass is 16.7. The second-order valence-electron chi connectivity index (χ2n) is 8.30. The van der Waals surface area contributed by atoms with Gasteiger partial charge in [0.05, 0.1) is 0 Å². The Kier molecular flexibility index (Phi) is 4.88. The highest BCUT2D eigenvalue weighted by Crippen LogP contribution is 2.37. The van der Waals surface area contributed by atoms with Gasteiger partial charge in [-0.05, 0) is 61.7 Å². The van der Waals surface area contributed by atoms with Gasteiger partial charge in [0.15, 0.2) is 11.5 Å². The molecule has 0 radical (unpaired) electrons. The molecular formula is C23H24N4O5. The first kappa shape index (κ1) is 20.2. The van der Waals surface area contributed by atoms with Crippen LogP contribution in [0.5, 0.6) is 11.5 Å².